The average molecular weight is 253 g/mol. The van der Waals surface area contributed by atoms with E-state index in [0.29, 0.717) is 13.2 Å². The Hall–Kier alpha value is -0.590. The number of aromatic nitrogens is 2. The fourth-order valence-electron chi connectivity index (χ4n) is 0.975. The van der Waals surface area contributed by atoms with Gasteiger partial charge in [-0.2, -0.15) is 5.10 Å². The Kier molecular flexibility index (Phi) is 4.12. The molecule has 0 saturated carbocycles. The van der Waals surface area contributed by atoms with Crippen molar-refractivity contribution < 1.29 is 13.2 Å². The highest BCUT2D eigenvalue weighted by Crippen LogP contribution is 2.12. The Morgan fingerprint density at radius 3 is 2.73 bits per heavy atom. The predicted octanol–water partition coefficient (Wildman–Crippen LogP) is 1.24. The van der Waals surface area contributed by atoms with Gasteiger partial charge in [0.2, 0.25) is 0 Å². The summed E-state index contributed by atoms with van der Waals surface area (Å²) in [5.74, 6) is 0. The van der Waals surface area contributed by atoms with Crippen molar-refractivity contribution in [3.8, 4) is 0 Å². The van der Waals surface area contributed by atoms with Gasteiger partial charge in [0.05, 0.1) is 25.5 Å². The molecule has 0 bridgehead atoms. The van der Waals surface area contributed by atoms with Crippen molar-refractivity contribution in [2.24, 2.45) is 0 Å². The second-order valence-electron chi connectivity index (χ2n) is 3.30. The number of hydrogen-bond donors (Lipinski definition) is 0. The zero-order valence-corrected chi connectivity index (χ0v) is 10.1. The van der Waals surface area contributed by atoms with Crippen molar-refractivity contribution in [3.63, 3.8) is 0 Å². The van der Waals surface area contributed by atoms with Gasteiger partial charge in [-0.05, 0) is 13.8 Å². The fourth-order valence-corrected chi connectivity index (χ4v) is 1.63. The standard InChI is InChI=1S/C8H13ClN2O3S/c1-7(2)14-4-3-11-6-8(5-10-11)15(9,12)13/h5-7H,3-4H2,1-2H3. The molecule has 0 saturated heterocycles. The molecule has 0 amide bonds. The lowest BCUT2D eigenvalue weighted by atomic mass is 10.5. The first-order valence-electron chi connectivity index (χ1n) is 4.48. The van der Waals surface area contributed by atoms with Crippen LogP contribution in [0.15, 0.2) is 17.3 Å². The zero-order chi connectivity index (χ0) is 11.5. The van der Waals surface area contributed by atoms with Gasteiger partial charge in [-0.3, -0.25) is 4.68 Å². The van der Waals surface area contributed by atoms with E-state index in [9.17, 15) is 8.42 Å². The molecule has 0 aliphatic heterocycles. The van der Waals surface area contributed by atoms with Crippen LogP contribution in [0.3, 0.4) is 0 Å². The third kappa shape index (κ3) is 4.19. The molecule has 0 spiro atoms. The molecule has 0 atom stereocenters. The molecule has 1 rings (SSSR count). The maximum absolute atomic E-state index is 10.9. The maximum atomic E-state index is 10.9. The van der Waals surface area contributed by atoms with Gasteiger partial charge >= 0.3 is 0 Å². The number of halogens is 1. The molecule has 0 radical (unpaired) electrons. The first-order valence-corrected chi connectivity index (χ1v) is 6.79. The van der Waals surface area contributed by atoms with E-state index in [1.165, 1.54) is 17.1 Å². The molecule has 7 heteroatoms. The van der Waals surface area contributed by atoms with Crippen molar-refractivity contribution >= 4 is 19.7 Å². The molecular weight excluding hydrogens is 240 g/mol. The van der Waals surface area contributed by atoms with Crippen molar-refractivity contribution in [1.82, 2.24) is 9.78 Å². The molecule has 0 aliphatic carbocycles. The zero-order valence-electron chi connectivity index (χ0n) is 8.55. The molecule has 1 aromatic rings. The third-order valence-corrected chi connectivity index (χ3v) is 2.97. The van der Waals surface area contributed by atoms with Crippen LogP contribution in [0.4, 0.5) is 0 Å². The Bertz CT molecular complexity index is 413. The Morgan fingerprint density at radius 2 is 2.27 bits per heavy atom. The van der Waals surface area contributed by atoms with Crippen LogP contribution in [-0.2, 0) is 20.3 Å². The van der Waals surface area contributed by atoms with Crippen LogP contribution in [0, 0.1) is 0 Å². The molecule has 0 unspecified atom stereocenters. The van der Waals surface area contributed by atoms with Crippen molar-refractivity contribution in [3.05, 3.63) is 12.4 Å². The Morgan fingerprint density at radius 1 is 1.60 bits per heavy atom. The van der Waals surface area contributed by atoms with E-state index in [1.807, 2.05) is 13.8 Å². The van der Waals surface area contributed by atoms with Crippen LogP contribution < -0.4 is 0 Å². The van der Waals surface area contributed by atoms with Gasteiger partial charge in [-0.25, -0.2) is 8.42 Å². The molecule has 86 valence electrons. The second kappa shape index (κ2) is 4.96. The fraction of sp³-hybridized carbons (Fsp3) is 0.625. The predicted molar refractivity (Wildman–Crippen MR) is 56.4 cm³/mol. The SMILES string of the molecule is CC(C)OCCn1cc(S(=O)(=O)Cl)cn1. The van der Waals surface area contributed by atoms with Crippen LogP contribution in [0.1, 0.15) is 13.8 Å². The minimum atomic E-state index is -3.68. The van der Waals surface area contributed by atoms with Crippen LogP contribution in [-0.4, -0.2) is 30.9 Å². The summed E-state index contributed by atoms with van der Waals surface area (Å²) < 4.78 is 28.6. The molecule has 0 N–H and O–H groups in total. The number of nitrogens with zero attached hydrogens (tertiary/aromatic N) is 2. The molecule has 1 aromatic heterocycles. The summed E-state index contributed by atoms with van der Waals surface area (Å²) in [6.07, 6.45) is 2.75. The topological polar surface area (TPSA) is 61.2 Å². The van der Waals surface area contributed by atoms with E-state index in [2.05, 4.69) is 5.10 Å². The molecule has 5 nitrogen and oxygen atoms in total. The summed E-state index contributed by atoms with van der Waals surface area (Å²) in [6, 6.07) is 0. The quantitative estimate of drug-likeness (QED) is 0.740. The summed E-state index contributed by atoms with van der Waals surface area (Å²) in [6.45, 7) is 4.85. The lowest BCUT2D eigenvalue weighted by Crippen LogP contribution is -2.10. The second-order valence-corrected chi connectivity index (χ2v) is 5.86. The van der Waals surface area contributed by atoms with Gasteiger partial charge in [0.1, 0.15) is 4.90 Å². The van der Waals surface area contributed by atoms with E-state index < -0.39 is 9.05 Å². The molecule has 0 aromatic carbocycles. The van der Waals surface area contributed by atoms with Gasteiger partial charge in [-0.15, -0.1) is 0 Å². The molecule has 0 aliphatic rings. The normalized spacial score (nSPS) is 12.3. The summed E-state index contributed by atoms with van der Waals surface area (Å²) in [5, 5.41) is 3.85. The molecular formula is C8H13ClN2O3S. The smallest absolute Gasteiger partial charge is 0.264 e. The third-order valence-electron chi connectivity index (χ3n) is 1.66. The van der Waals surface area contributed by atoms with Gasteiger partial charge in [-0.1, -0.05) is 0 Å². The number of rotatable bonds is 5. The van der Waals surface area contributed by atoms with E-state index in [-0.39, 0.29) is 11.0 Å². The van der Waals surface area contributed by atoms with Crippen molar-refractivity contribution in [2.45, 2.75) is 31.4 Å². The summed E-state index contributed by atoms with van der Waals surface area (Å²) in [7, 11) is 1.47. The minimum absolute atomic E-state index is 0.00807. The first-order chi connectivity index (χ1) is 6.89. The highest BCUT2D eigenvalue weighted by Gasteiger charge is 2.12. The van der Waals surface area contributed by atoms with E-state index in [1.54, 1.807) is 0 Å². The lowest BCUT2D eigenvalue weighted by molar-refractivity contribution is 0.0709. The van der Waals surface area contributed by atoms with Crippen molar-refractivity contribution in [1.29, 1.82) is 0 Å². The summed E-state index contributed by atoms with van der Waals surface area (Å²) >= 11 is 0. The number of hydrogen-bond acceptors (Lipinski definition) is 4. The van der Waals surface area contributed by atoms with Gasteiger partial charge < -0.3 is 4.74 Å². The summed E-state index contributed by atoms with van der Waals surface area (Å²) in [4.78, 5) is 0.00807. The average Bonchev–Trinajstić information content (AvgIpc) is 2.51. The molecule has 15 heavy (non-hydrogen) atoms. The van der Waals surface area contributed by atoms with Crippen LogP contribution >= 0.6 is 10.7 Å². The van der Waals surface area contributed by atoms with Gasteiger partial charge in [0, 0.05) is 16.9 Å². The Labute approximate surface area is 93.4 Å². The van der Waals surface area contributed by atoms with Gasteiger partial charge in [0.15, 0.2) is 0 Å². The van der Waals surface area contributed by atoms with Crippen LogP contribution in [0.25, 0.3) is 0 Å². The van der Waals surface area contributed by atoms with Crippen LogP contribution in [0.5, 0.6) is 0 Å². The molecule has 0 fully saturated rings. The minimum Gasteiger partial charge on any atom is -0.377 e. The first kappa shape index (κ1) is 12.5. The van der Waals surface area contributed by atoms with Crippen molar-refractivity contribution in [2.75, 3.05) is 6.61 Å². The largest absolute Gasteiger partial charge is 0.377 e. The summed E-state index contributed by atoms with van der Waals surface area (Å²) in [5.41, 5.74) is 0. The van der Waals surface area contributed by atoms with Crippen LogP contribution in [0.2, 0.25) is 0 Å². The van der Waals surface area contributed by atoms with E-state index in [0.717, 1.165) is 0 Å². The highest BCUT2D eigenvalue weighted by molar-refractivity contribution is 8.13. The Balaban J connectivity index is 2.54. The number of ether oxygens (including phenoxy) is 1. The van der Waals surface area contributed by atoms with Gasteiger partial charge in [0.25, 0.3) is 9.05 Å². The molecule has 1 heterocycles. The maximum Gasteiger partial charge on any atom is 0.264 e. The highest BCUT2D eigenvalue weighted by atomic mass is 35.7. The monoisotopic (exact) mass is 252 g/mol. The van der Waals surface area contributed by atoms with E-state index in [4.69, 9.17) is 15.4 Å². The van der Waals surface area contributed by atoms with E-state index >= 15 is 0 Å². The lowest BCUT2D eigenvalue weighted by Gasteiger charge is -2.06.